The van der Waals surface area contributed by atoms with Gasteiger partial charge in [-0.3, -0.25) is 10.1 Å². The van der Waals surface area contributed by atoms with E-state index in [0.29, 0.717) is 12.4 Å². The van der Waals surface area contributed by atoms with Crippen molar-refractivity contribution in [3.63, 3.8) is 0 Å². The molecule has 5 nitrogen and oxygen atoms in total. The largest absolute Gasteiger partial charge is 0.392 e. The van der Waals surface area contributed by atoms with E-state index in [9.17, 15) is 9.90 Å². The van der Waals surface area contributed by atoms with Crippen LogP contribution in [0, 0.1) is 5.92 Å². The Morgan fingerprint density at radius 2 is 2.22 bits per heavy atom. The number of aliphatic hydroxyl groups is 1. The number of nitrogens with one attached hydrogen (secondary N) is 2. The van der Waals surface area contributed by atoms with Crippen molar-refractivity contribution in [1.82, 2.24) is 9.97 Å². The van der Waals surface area contributed by atoms with Gasteiger partial charge in [-0.1, -0.05) is 12.1 Å². The zero-order valence-corrected chi connectivity index (χ0v) is 9.89. The minimum atomic E-state index is -0.519. The minimum absolute atomic E-state index is 0.154. The highest BCUT2D eigenvalue weighted by Gasteiger charge is 2.31. The molecule has 0 aliphatic heterocycles. The van der Waals surface area contributed by atoms with E-state index >= 15 is 0 Å². The Balaban J connectivity index is 1.77. The molecular weight excluding hydrogens is 230 g/mol. The summed E-state index contributed by atoms with van der Waals surface area (Å²) in [4.78, 5) is 19.3. The summed E-state index contributed by atoms with van der Waals surface area (Å²) >= 11 is 0. The van der Waals surface area contributed by atoms with E-state index in [1.807, 2.05) is 24.3 Å². The van der Waals surface area contributed by atoms with Crippen molar-refractivity contribution >= 4 is 22.9 Å². The number of H-pyrrole nitrogens is 1. The van der Waals surface area contributed by atoms with Gasteiger partial charge in [0.2, 0.25) is 11.9 Å². The lowest BCUT2D eigenvalue weighted by Gasteiger charge is -2.12. The first kappa shape index (κ1) is 11.2. The number of nitrogens with zero attached hydrogens (tertiary/aromatic N) is 1. The molecule has 1 aliphatic carbocycles. The number of anilines is 1. The number of hydrogen-bond acceptors (Lipinski definition) is 3. The number of aliphatic hydroxyl groups excluding tert-OH is 1. The monoisotopic (exact) mass is 245 g/mol. The molecule has 0 spiro atoms. The van der Waals surface area contributed by atoms with Crippen LogP contribution >= 0.6 is 0 Å². The average molecular weight is 245 g/mol. The van der Waals surface area contributed by atoms with Crippen LogP contribution in [0.15, 0.2) is 24.3 Å². The van der Waals surface area contributed by atoms with Crippen LogP contribution in [0.1, 0.15) is 19.3 Å². The number of para-hydroxylation sites is 2. The van der Waals surface area contributed by atoms with Crippen molar-refractivity contribution in [1.29, 1.82) is 0 Å². The summed E-state index contributed by atoms with van der Waals surface area (Å²) in [5.41, 5.74) is 1.71. The van der Waals surface area contributed by atoms with Gasteiger partial charge in [-0.05, 0) is 31.4 Å². The van der Waals surface area contributed by atoms with Crippen LogP contribution in [-0.4, -0.2) is 27.1 Å². The number of aromatic nitrogens is 2. The van der Waals surface area contributed by atoms with Gasteiger partial charge < -0.3 is 10.1 Å². The first-order valence-corrected chi connectivity index (χ1v) is 6.18. The Morgan fingerprint density at radius 1 is 1.39 bits per heavy atom. The van der Waals surface area contributed by atoms with Gasteiger partial charge in [-0.25, -0.2) is 4.98 Å². The molecule has 1 aromatic carbocycles. The second kappa shape index (κ2) is 4.42. The van der Waals surface area contributed by atoms with Crippen LogP contribution in [0.4, 0.5) is 5.95 Å². The smallest absolute Gasteiger partial charge is 0.232 e. The number of imidazole rings is 1. The molecule has 1 aliphatic rings. The summed E-state index contributed by atoms with van der Waals surface area (Å²) in [5.74, 6) is -0.0161. The number of fused-ring (bicyclic) bond motifs is 1. The summed E-state index contributed by atoms with van der Waals surface area (Å²) in [6.07, 6.45) is 1.83. The predicted octanol–water partition coefficient (Wildman–Crippen LogP) is 1.66. The van der Waals surface area contributed by atoms with Gasteiger partial charge in [0.25, 0.3) is 0 Å². The number of carbonyl (C=O) groups excluding carboxylic acids is 1. The van der Waals surface area contributed by atoms with Gasteiger partial charge in [0.15, 0.2) is 0 Å². The molecule has 1 fully saturated rings. The van der Waals surface area contributed by atoms with Gasteiger partial charge in [-0.2, -0.15) is 0 Å². The summed E-state index contributed by atoms with van der Waals surface area (Å²) in [7, 11) is 0. The van der Waals surface area contributed by atoms with E-state index in [1.54, 1.807) is 0 Å². The predicted molar refractivity (Wildman–Crippen MR) is 68.1 cm³/mol. The number of amides is 1. The first-order valence-electron chi connectivity index (χ1n) is 6.18. The highest BCUT2D eigenvalue weighted by molar-refractivity contribution is 5.93. The molecule has 1 saturated carbocycles. The number of hydrogen-bond donors (Lipinski definition) is 3. The summed E-state index contributed by atoms with van der Waals surface area (Å²) < 4.78 is 0. The fraction of sp³-hybridized carbons (Fsp3) is 0.385. The second-order valence-electron chi connectivity index (χ2n) is 4.70. The molecule has 2 aromatic rings. The van der Waals surface area contributed by atoms with Crippen LogP contribution in [-0.2, 0) is 4.79 Å². The Labute approximate surface area is 104 Å². The van der Waals surface area contributed by atoms with Crippen molar-refractivity contribution in [2.24, 2.45) is 5.92 Å². The summed E-state index contributed by atoms with van der Waals surface area (Å²) in [6, 6.07) is 7.59. The number of benzene rings is 1. The summed E-state index contributed by atoms with van der Waals surface area (Å²) in [6.45, 7) is 0. The molecule has 1 aromatic heterocycles. The van der Waals surface area contributed by atoms with E-state index in [4.69, 9.17) is 0 Å². The standard InChI is InChI=1S/C13H15N3O2/c17-11-7-3-4-8(11)12(18)16-13-14-9-5-1-2-6-10(9)15-13/h1-2,5-6,8,11,17H,3-4,7H2,(H2,14,15,16,18). The third-order valence-corrected chi connectivity index (χ3v) is 3.45. The number of rotatable bonds is 2. The van der Waals surface area contributed by atoms with Crippen LogP contribution in [0.25, 0.3) is 11.0 Å². The van der Waals surface area contributed by atoms with Crippen molar-refractivity contribution in [3.05, 3.63) is 24.3 Å². The fourth-order valence-electron chi connectivity index (χ4n) is 2.47. The molecule has 2 atom stereocenters. The van der Waals surface area contributed by atoms with E-state index in [0.717, 1.165) is 23.9 Å². The number of carbonyl (C=O) groups is 1. The quantitative estimate of drug-likeness (QED) is 0.753. The Kier molecular flexibility index (Phi) is 2.76. The molecule has 1 heterocycles. The van der Waals surface area contributed by atoms with E-state index in [-0.39, 0.29) is 11.8 Å². The first-order chi connectivity index (χ1) is 8.74. The van der Waals surface area contributed by atoms with Crippen molar-refractivity contribution in [2.45, 2.75) is 25.4 Å². The van der Waals surface area contributed by atoms with Gasteiger partial charge >= 0.3 is 0 Å². The third-order valence-electron chi connectivity index (χ3n) is 3.45. The van der Waals surface area contributed by atoms with Crippen molar-refractivity contribution in [3.8, 4) is 0 Å². The molecule has 1 amide bonds. The van der Waals surface area contributed by atoms with Crippen LogP contribution in [0.5, 0.6) is 0 Å². The van der Waals surface area contributed by atoms with Gasteiger partial charge in [0.1, 0.15) is 0 Å². The molecule has 2 unspecified atom stereocenters. The lowest BCUT2D eigenvalue weighted by molar-refractivity contribution is -0.122. The molecule has 0 radical (unpaired) electrons. The highest BCUT2D eigenvalue weighted by atomic mass is 16.3. The van der Waals surface area contributed by atoms with E-state index < -0.39 is 6.10 Å². The zero-order valence-electron chi connectivity index (χ0n) is 9.89. The van der Waals surface area contributed by atoms with E-state index in [1.165, 1.54) is 0 Å². The van der Waals surface area contributed by atoms with Crippen LogP contribution in [0.2, 0.25) is 0 Å². The molecule has 5 heteroatoms. The third kappa shape index (κ3) is 1.97. The summed E-state index contributed by atoms with van der Waals surface area (Å²) in [5, 5.41) is 12.4. The van der Waals surface area contributed by atoms with Crippen LogP contribution < -0.4 is 5.32 Å². The SMILES string of the molecule is O=C(Nc1nc2ccccc2[nH]1)C1CCCC1O. The van der Waals surface area contributed by atoms with Gasteiger partial charge in [0.05, 0.1) is 23.1 Å². The second-order valence-corrected chi connectivity index (χ2v) is 4.70. The topological polar surface area (TPSA) is 78.0 Å². The molecule has 3 rings (SSSR count). The lowest BCUT2D eigenvalue weighted by atomic mass is 10.1. The van der Waals surface area contributed by atoms with Gasteiger partial charge in [-0.15, -0.1) is 0 Å². The molecule has 18 heavy (non-hydrogen) atoms. The molecule has 3 N–H and O–H groups in total. The van der Waals surface area contributed by atoms with Crippen molar-refractivity contribution in [2.75, 3.05) is 5.32 Å². The maximum absolute atomic E-state index is 12.0. The molecule has 0 bridgehead atoms. The highest BCUT2D eigenvalue weighted by Crippen LogP contribution is 2.26. The van der Waals surface area contributed by atoms with E-state index in [2.05, 4.69) is 15.3 Å². The molecule has 0 saturated heterocycles. The Morgan fingerprint density at radius 3 is 2.94 bits per heavy atom. The molecular formula is C13H15N3O2. The lowest BCUT2D eigenvalue weighted by Crippen LogP contribution is -2.29. The van der Waals surface area contributed by atoms with Gasteiger partial charge in [0, 0.05) is 0 Å². The maximum atomic E-state index is 12.0. The van der Waals surface area contributed by atoms with Crippen molar-refractivity contribution < 1.29 is 9.90 Å². The fourth-order valence-corrected chi connectivity index (χ4v) is 2.47. The average Bonchev–Trinajstić information content (AvgIpc) is 2.94. The normalized spacial score (nSPS) is 23.4. The minimum Gasteiger partial charge on any atom is -0.392 e. The zero-order chi connectivity index (χ0) is 12.5. The Hall–Kier alpha value is -1.88. The maximum Gasteiger partial charge on any atom is 0.232 e. The molecule has 94 valence electrons. The number of aromatic amines is 1. The Bertz CT molecular complexity index is 545. The van der Waals surface area contributed by atoms with Crippen LogP contribution in [0.3, 0.4) is 0 Å².